The van der Waals surface area contributed by atoms with E-state index in [1.807, 2.05) is 6.08 Å². The van der Waals surface area contributed by atoms with Gasteiger partial charge in [0.1, 0.15) is 11.4 Å². The van der Waals surface area contributed by atoms with Gasteiger partial charge < -0.3 is 19.1 Å². The van der Waals surface area contributed by atoms with Gasteiger partial charge in [0.15, 0.2) is 23.1 Å². The number of benzene rings is 2. The molecule has 2 aromatic carbocycles. The monoisotopic (exact) mass is 721 g/mol. The van der Waals surface area contributed by atoms with Gasteiger partial charge in [0.05, 0.1) is 43.3 Å². The number of nitrogens with zero attached hydrogens (tertiary/aromatic N) is 5. The second kappa shape index (κ2) is 12.5. The van der Waals surface area contributed by atoms with Gasteiger partial charge in [-0.15, -0.1) is 6.58 Å². The topological polar surface area (TPSA) is 157 Å². The fourth-order valence-corrected chi connectivity index (χ4v) is 9.03. The molecule has 0 amide bonds. The first-order valence-electron chi connectivity index (χ1n) is 17.6. The van der Waals surface area contributed by atoms with E-state index in [-0.39, 0.29) is 54.5 Å². The lowest BCUT2D eigenvalue weighted by atomic mass is 9.43. The zero-order valence-electron chi connectivity index (χ0n) is 31.0. The molecule has 276 valence electrons. The van der Waals surface area contributed by atoms with Crippen molar-refractivity contribution in [2.24, 2.45) is 17.9 Å². The molecule has 0 spiro atoms. The third-order valence-electron chi connectivity index (χ3n) is 12.2. The molecule has 53 heavy (non-hydrogen) atoms. The highest BCUT2D eigenvalue weighted by Gasteiger charge is 2.67. The van der Waals surface area contributed by atoms with E-state index in [1.165, 1.54) is 28.2 Å². The van der Waals surface area contributed by atoms with Crippen LogP contribution in [0.1, 0.15) is 62.9 Å². The molecule has 0 unspecified atom stereocenters. The number of para-hydroxylation sites is 1. The van der Waals surface area contributed by atoms with Crippen molar-refractivity contribution in [2.45, 2.75) is 72.0 Å². The molecule has 3 heterocycles. The summed E-state index contributed by atoms with van der Waals surface area (Å²) in [6, 6.07) is 7.90. The zero-order valence-corrected chi connectivity index (χ0v) is 31.0. The number of phenolic OH excluding ortho intramolecular Hbond substituents is 1. The molecule has 1 N–H and O–H groups in total. The zero-order chi connectivity index (χ0) is 38.3. The predicted molar refractivity (Wildman–Crippen MR) is 198 cm³/mol. The Morgan fingerprint density at radius 1 is 1.00 bits per heavy atom. The van der Waals surface area contributed by atoms with Gasteiger partial charge in [-0.25, -0.2) is 28.5 Å². The molecule has 13 heteroatoms. The number of carbonyl (C=O) groups excluding carboxylic acids is 2. The molecule has 0 saturated heterocycles. The molecular weight excluding hydrogens is 678 g/mol. The Morgan fingerprint density at radius 3 is 2.36 bits per heavy atom. The van der Waals surface area contributed by atoms with Crippen LogP contribution in [0, 0.1) is 10.8 Å². The van der Waals surface area contributed by atoms with Crippen molar-refractivity contribution in [1.29, 1.82) is 0 Å². The number of aromatic hydroxyl groups is 1. The number of allylic oxidation sites excluding steroid dienone is 5. The van der Waals surface area contributed by atoms with Crippen molar-refractivity contribution < 1.29 is 24.2 Å². The van der Waals surface area contributed by atoms with E-state index >= 15 is 0 Å². The highest BCUT2D eigenvalue weighted by Crippen LogP contribution is 2.66. The van der Waals surface area contributed by atoms with Gasteiger partial charge in [0.2, 0.25) is 0 Å². The number of methoxy groups -OCH3 is 2. The summed E-state index contributed by atoms with van der Waals surface area (Å²) >= 11 is 0. The second-order valence-corrected chi connectivity index (χ2v) is 14.7. The van der Waals surface area contributed by atoms with Crippen molar-refractivity contribution in [1.82, 2.24) is 23.5 Å². The first-order chi connectivity index (χ1) is 25.2. The average Bonchev–Trinajstić information content (AvgIpc) is 3.39. The summed E-state index contributed by atoms with van der Waals surface area (Å²) in [6.45, 7) is 10.6. The van der Waals surface area contributed by atoms with E-state index in [0.717, 1.165) is 4.57 Å². The van der Waals surface area contributed by atoms with Crippen LogP contribution >= 0.6 is 0 Å². The van der Waals surface area contributed by atoms with Crippen LogP contribution in [0.4, 0.5) is 0 Å². The van der Waals surface area contributed by atoms with Crippen LogP contribution in [0.5, 0.6) is 17.2 Å². The Kier molecular flexibility index (Phi) is 8.38. The summed E-state index contributed by atoms with van der Waals surface area (Å²) in [5.41, 5.74) is -0.510. The molecule has 3 aliphatic rings. The smallest absolute Gasteiger partial charge is 0.347 e. The third-order valence-corrected chi connectivity index (χ3v) is 12.2. The van der Waals surface area contributed by atoms with Crippen molar-refractivity contribution in [3.05, 3.63) is 114 Å². The van der Waals surface area contributed by atoms with Gasteiger partial charge in [-0.05, 0) is 49.0 Å². The molecule has 1 aliphatic heterocycles. The Labute approximate surface area is 305 Å². The van der Waals surface area contributed by atoms with Gasteiger partial charge in [-0.1, -0.05) is 44.2 Å². The Hall–Kier alpha value is -5.72. The molecule has 1 fully saturated rings. The number of rotatable bonds is 8. The van der Waals surface area contributed by atoms with E-state index in [0.29, 0.717) is 56.8 Å². The van der Waals surface area contributed by atoms with Crippen LogP contribution in [0.2, 0.25) is 0 Å². The largest absolute Gasteiger partial charge is 0.507 e. The summed E-state index contributed by atoms with van der Waals surface area (Å²) in [7, 11) is 4.61. The molecule has 0 radical (unpaired) electrons. The lowest BCUT2D eigenvalue weighted by Gasteiger charge is -2.58. The average molecular weight is 722 g/mol. The molecule has 7 rings (SSSR count). The maximum Gasteiger partial charge on any atom is 0.347 e. The van der Waals surface area contributed by atoms with Crippen LogP contribution in [-0.2, 0) is 42.6 Å². The summed E-state index contributed by atoms with van der Waals surface area (Å²) in [5, 5.41) is 11.7. The molecule has 4 aromatic rings. The molecule has 2 aromatic heterocycles. The van der Waals surface area contributed by atoms with Crippen LogP contribution < -0.4 is 26.4 Å². The Morgan fingerprint density at radius 2 is 1.68 bits per heavy atom. The van der Waals surface area contributed by atoms with Crippen molar-refractivity contribution in [2.75, 3.05) is 14.2 Å². The van der Waals surface area contributed by atoms with Gasteiger partial charge in [-0.3, -0.25) is 14.4 Å². The molecule has 13 nitrogen and oxygen atoms in total. The minimum absolute atomic E-state index is 0.000104. The third kappa shape index (κ3) is 4.81. The summed E-state index contributed by atoms with van der Waals surface area (Å²) in [4.78, 5) is 75.3. The number of Topliss-reactive ketones (excluding diaryl/α,β-unsaturated/α-hetero) is 2. The lowest BCUT2D eigenvalue weighted by molar-refractivity contribution is -0.151. The number of hydrogen-bond donors (Lipinski definition) is 1. The number of fused-ring (bicyclic) bond motifs is 5. The lowest BCUT2D eigenvalue weighted by Crippen LogP contribution is -2.61. The molecule has 0 bridgehead atoms. The number of phenols is 1. The number of aromatic nitrogens is 5. The van der Waals surface area contributed by atoms with Gasteiger partial charge in [0, 0.05) is 49.0 Å². The quantitative estimate of drug-likeness (QED) is 0.267. The van der Waals surface area contributed by atoms with Crippen molar-refractivity contribution in [3.8, 4) is 17.2 Å². The Bertz CT molecular complexity index is 2530. The van der Waals surface area contributed by atoms with Crippen LogP contribution in [0.3, 0.4) is 0 Å². The molecular formula is C40H43N5O8. The summed E-state index contributed by atoms with van der Waals surface area (Å²) in [6.07, 6.45) is 3.98. The van der Waals surface area contributed by atoms with E-state index in [9.17, 15) is 29.1 Å². The van der Waals surface area contributed by atoms with Crippen LogP contribution in [-0.4, -0.2) is 54.4 Å². The molecule has 4 atom stereocenters. The van der Waals surface area contributed by atoms with E-state index in [2.05, 4.69) is 11.6 Å². The predicted octanol–water partition coefficient (Wildman–Crippen LogP) is 3.92. The highest BCUT2D eigenvalue weighted by atomic mass is 16.5. The van der Waals surface area contributed by atoms with E-state index in [4.69, 9.17) is 9.47 Å². The normalized spacial score (nSPS) is 23.7. The summed E-state index contributed by atoms with van der Waals surface area (Å²) < 4.78 is 16.1. The maximum atomic E-state index is 14.5. The number of hydrogen-bond acceptors (Lipinski definition) is 9. The maximum absolute atomic E-state index is 14.5. The standard InChI is InChI=1S/C40H43N5O8/c1-9-11-23-12-10-13-25(33(23)46)32-24-14-17-44-37(50)43(16-15-26-36(49)42(6)28-19-31(53-8)30(52-7)18-27(28)41-26)38(51)45(44)29(24)20-39(4)34(47)21(2)22(3)35(48)40(32,39)5/h9-10,12-14,18-19,29,32,46H,1,11,15-17,20H2,2-8H3/t29-,32-,39+,40-/m1/s1. The number of ether oxygens (including phenoxy) is 2. The van der Waals surface area contributed by atoms with Crippen LogP contribution in [0.25, 0.3) is 11.0 Å². The van der Waals surface area contributed by atoms with Crippen molar-refractivity contribution >= 4 is 22.6 Å². The first-order valence-corrected chi connectivity index (χ1v) is 17.6. The van der Waals surface area contributed by atoms with Gasteiger partial charge in [0.25, 0.3) is 5.56 Å². The minimum Gasteiger partial charge on any atom is -0.507 e. The number of carbonyl (C=O) groups is 2. The fourth-order valence-electron chi connectivity index (χ4n) is 9.03. The second-order valence-electron chi connectivity index (χ2n) is 14.7. The van der Waals surface area contributed by atoms with E-state index < -0.39 is 34.2 Å². The Balaban J connectivity index is 1.35. The SMILES string of the molecule is C=CCc1cccc([C@H]2C3=CCn4c(=O)n(CCc5nc6cc(OC)c(OC)cc6n(C)c5=O)c(=O)n4[C@@H]3C[C@@]3(C)C(=O)C(C)=C(C)C(=O)[C@@]23C)c1O. The number of ketones is 2. The highest BCUT2D eigenvalue weighted by molar-refractivity contribution is 6.17. The number of aryl methyl sites for hydroxylation is 2. The first kappa shape index (κ1) is 35.7. The summed E-state index contributed by atoms with van der Waals surface area (Å²) in [5.74, 6) is -0.318. The fraction of sp³-hybridized carbons (Fsp3) is 0.400. The van der Waals surface area contributed by atoms with Gasteiger partial charge >= 0.3 is 11.4 Å². The minimum atomic E-state index is -1.32. The molecule has 2 aliphatic carbocycles. The van der Waals surface area contributed by atoms with E-state index in [1.54, 1.807) is 71.2 Å². The van der Waals surface area contributed by atoms with Crippen LogP contribution in [0.15, 0.2) is 80.2 Å². The van der Waals surface area contributed by atoms with Crippen molar-refractivity contribution in [3.63, 3.8) is 0 Å². The van der Waals surface area contributed by atoms with Gasteiger partial charge in [-0.2, -0.15) is 0 Å². The molecule has 1 saturated carbocycles.